The molecule has 1 aromatic heterocycles. The van der Waals surface area contributed by atoms with E-state index >= 15 is 0 Å². The molecule has 1 aliphatic heterocycles. The number of hydrogen-bond acceptors (Lipinski definition) is 4. The Morgan fingerprint density at radius 1 is 1.77 bits per heavy atom. The largest absolute Gasteiger partial charge is 0.476 e. The van der Waals surface area contributed by atoms with E-state index in [4.69, 9.17) is 9.52 Å². The van der Waals surface area contributed by atoms with Crippen molar-refractivity contribution >= 4 is 5.97 Å². The van der Waals surface area contributed by atoms with Gasteiger partial charge in [-0.1, -0.05) is 0 Å². The lowest BCUT2D eigenvalue weighted by Crippen LogP contribution is -2.15. The number of hydrogen-bond donors (Lipinski definition) is 2. The fourth-order valence-corrected chi connectivity index (χ4v) is 1.57. The molecule has 0 bridgehead atoms. The molecular formula is C8H10N2O3. The SMILES string of the molecule is O=C(O)c1ncoc1C1CCCN1. The van der Waals surface area contributed by atoms with Crippen LogP contribution in [-0.4, -0.2) is 22.6 Å². The van der Waals surface area contributed by atoms with Crippen molar-refractivity contribution in [2.75, 3.05) is 6.54 Å². The number of nitrogens with one attached hydrogen (secondary N) is 1. The number of carbonyl (C=O) groups is 1. The van der Waals surface area contributed by atoms with Gasteiger partial charge in [0.25, 0.3) is 0 Å². The number of rotatable bonds is 2. The first-order valence-corrected chi connectivity index (χ1v) is 4.19. The van der Waals surface area contributed by atoms with Crippen LogP contribution < -0.4 is 5.32 Å². The van der Waals surface area contributed by atoms with Crippen LogP contribution in [-0.2, 0) is 0 Å². The van der Waals surface area contributed by atoms with Crippen molar-refractivity contribution in [3.8, 4) is 0 Å². The Morgan fingerprint density at radius 3 is 3.23 bits per heavy atom. The molecule has 1 aliphatic rings. The Morgan fingerprint density at radius 2 is 2.62 bits per heavy atom. The Balaban J connectivity index is 2.28. The van der Waals surface area contributed by atoms with Gasteiger partial charge in [-0.05, 0) is 19.4 Å². The molecular weight excluding hydrogens is 172 g/mol. The maximum Gasteiger partial charge on any atom is 0.358 e. The maximum absolute atomic E-state index is 10.7. The van der Waals surface area contributed by atoms with E-state index < -0.39 is 5.97 Å². The minimum absolute atomic E-state index is 0.0219. The van der Waals surface area contributed by atoms with Crippen LogP contribution in [0.15, 0.2) is 10.8 Å². The first-order valence-electron chi connectivity index (χ1n) is 4.19. The normalized spacial score (nSPS) is 22.0. The van der Waals surface area contributed by atoms with Gasteiger partial charge in [0.15, 0.2) is 17.8 Å². The average Bonchev–Trinajstić information content (AvgIpc) is 2.74. The third-order valence-corrected chi connectivity index (χ3v) is 2.17. The second kappa shape index (κ2) is 3.18. The lowest BCUT2D eigenvalue weighted by Gasteiger charge is -2.05. The van der Waals surface area contributed by atoms with E-state index in [0.29, 0.717) is 5.76 Å². The van der Waals surface area contributed by atoms with Crippen LogP contribution in [0.2, 0.25) is 0 Å². The number of nitrogens with zero attached hydrogens (tertiary/aromatic N) is 1. The Kier molecular flexibility index (Phi) is 2.02. The standard InChI is InChI=1S/C8H10N2O3/c11-8(12)6-7(13-4-10-6)5-2-1-3-9-5/h4-5,9H,1-3H2,(H,11,12). The van der Waals surface area contributed by atoms with E-state index in [-0.39, 0.29) is 11.7 Å². The van der Waals surface area contributed by atoms with Crippen LogP contribution in [0.4, 0.5) is 0 Å². The van der Waals surface area contributed by atoms with Crippen LogP contribution in [0.25, 0.3) is 0 Å². The molecule has 1 unspecified atom stereocenters. The highest BCUT2D eigenvalue weighted by atomic mass is 16.4. The van der Waals surface area contributed by atoms with E-state index in [9.17, 15) is 4.79 Å². The highest BCUT2D eigenvalue weighted by molar-refractivity contribution is 5.86. The van der Waals surface area contributed by atoms with Crippen molar-refractivity contribution in [1.82, 2.24) is 10.3 Å². The van der Waals surface area contributed by atoms with E-state index in [1.165, 1.54) is 6.39 Å². The lowest BCUT2D eigenvalue weighted by atomic mass is 10.1. The van der Waals surface area contributed by atoms with Crippen molar-refractivity contribution in [3.05, 3.63) is 17.8 Å². The van der Waals surface area contributed by atoms with Gasteiger partial charge in [-0.3, -0.25) is 0 Å². The van der Waals surface area contributed by atoms with Crippen molar-refractivity contribution in [2.45, 2.75) is 18.9 Å². The molecule has 2 rings (SSSR count). The Hall–Kier alpha value is -1.36. The molecule has 1 atom stereocenters. The summed E-state index contributed by atoms with van der Waals surface area (Å²) in [5.41, 5.74) is 0.0272. The molecule has 0 saturated carbocycles. The summed E-state index contributed by atoms with van der Waals surface area (Å²) >= 11 is 0. The number of aromatic nitrogens is 1. The van der Waals surface area contributed by atoms with Gasteiger partial charge in [-0.25, -0.2) is 9.78 Å². The Labute approximate surface area is 74.8 Å². The van der Waals surface area contributed by atoms with Gasteiger partial charge in [0.2, 0.25) is 0 Å². The summed E-state index contributed by atoms with van der Waals surface area (Å²) in [6.45, 7) is 0.907. The number of carboxylic acids is 1. The summed E-state index contributed by atoms with van der Waals surface area (Å²) in [6, 6.07) is 0.0219. The van der Waals surface area contributed by atoms with Gasteiger partial charge in [0.1, 0.15) is 0 Å². The smallest absolute Gasteiger partial charge is 0.358 e. The van der Waals surface area contributed by atoms with Gasteiger partial charge in [-0.15, -0.1) is 0 Å². The van der Waals surface area contributed by atoms with Crippen LogP contribution >= 0.6 is 0 Å². The summed E-state index contributed by atoms with van der Waals surface area (Å²) in [7, 11) is 0. The molecule has 2 N–H and O–H groups in total. The van der Waals surface area contributed by atoms with Gasteiger partial charge < -0.3 is 14.8 Å². The molecule has 70 valence electrons. The molecule has 5 heteroatoms. The summed E-state index contributed by atoms with van der Waals surface area (Å²) in [4.78, 5) is 14.3. The first kappa shape index (κ1) is 8.25. The van der Waals surface area contributed by atoms with E-state index in [0.717, 1.165) is 19.4 Å². The third kappa shape index (κ3) is 1.42. The summed E-state index contributed by atoms with van der Waals surface area (Å²) in [5.74, 6) is -0.581. The van der Waals surface area contributed by atoms with Crippen molar-refractivity contribution in [3.63, 3.8) is 0 Å². The monoisotopic (exact) mass is 182 g/mol. The van der Waals surface area contributed by atoms with Crippen LogP contribution in [0.5, 0.6) is 0 Å². The molecule has 0 spiro atoms. The number of oxazole rings is 1. The summed E-state index contributed by atoms with van der Waals surface area (Å²) < 4.78 is 5.06. The zero-order valence-electron chi connectivity index (χ0n) is 6.99. The number of carboxylic acid groups (broad SMARTS) is 1. The molecule has 1 fully saturated rings. The van der Waals surface area contributed by atoms with Crippen LogP contribution in [0, 0.1) is 0 Å². The fourth-order valence-electron chi connectivity index (χ4n) is 1.57. The highest BCUT2D eigenvalue weighted by Gasteiger charge is 2.26. The second-order valence-electron chi connectivity index (χ2n) is 3.02. The van der Waals surface area contributed by atoms with E-state index in [1.54, 1.807) is 0 Å². The highest BCUT2D eigenvalue weighted by Crippen LogP contribution is 2.25. The second-order valence-corrected chi connectivity index (χ2v) is 3.02. The van der Waals surface area contributed by atoms with Crippen molar-refractivity contribution in [1.29, 1.82) is 0 Å². The van der Waals surface area contributed by atoms with Crippen LogP contribution in [0.3, 0.4) is 0 Å². The molecule has 5 nitrogen and oxygen atoms in total. The van der Waals surface area contributed by atoms with Crippen LogP contribution in [0.1, 0.15) is 35.1 Å². The number of aromatic carboxylic acids is 1. The van der Waals surface area contributed by atoms with E-state index in [1.807, 2.05) is 0 Å². The summed E-state index contributed by atoms with van der Waals surface area (Å²) in [6.07, 6.45) is 3.14. The Bertz CT molecular complexity index is 315. The average molecular weight is 182 g/mol. The first-order chi connectivity index (χ1) is 6.29. The predicted molar refractivity (Wildman–Crippen MR) is 43.4 cm³/mol. The molecule has 0 aromatic carbocycles. The lowest BCUT2D eigenvalue weighted by molar-refractivity contribution is 0.0687. The minimum atomic E-state index is -1.03. The quantitative estimate of drug-likeness (QED) is 0.707. The van der Waals surface area contributed by atoms with Gasteiger partial charge in [-0.2, -0.15) is 0 Å². The molecule has 1 saturated heterocycles. The molecule has 0 aliphatic carbocycles. The van der Waals surface area contributed by atoms with E-state index in [2.05, 4.69) is 10.3 Å². The van der Waals surface area contributed by atoms with Gasteiger partial charge >= 0.3 is 5.97 Å². The zero-order valence-corrected chi connectivity index (χ0v) is 6.99. The molecule has 13 heavy (non-hydrogen) atoms. The van der Waals surface area contributed by atoms with Gasteiger partial charge in [0.05, 0.1) is 6.04 Å². The third-order valence-electron chi connectivity index (χ3n) is 2.17. The zero-order chi connectivity index (χ0) is 9.26. The molecule has 2 heterocycles. The maximum atomic E-state index is 10.7. The molecule has 0 amide bonds. The molecule has 1 aromatic rings. The molecule has 0 radical (unpaired) electrons. The summed E-state index contributed by atoms with van der Waals surface area (Å²) in [5, 5.41) is 11.9. The van der Waals surface area contributed by atoms with Crippen molar-refractivity contribution < 1.29 is 14.3 Å². The predicted octanol–water partition coefficient (Wildman–Crippen LogP) is 0.797. The fraction of sp³-hybridized carbons (Fsp3) is 0.500. The van der Waals surface area contributed by atoms with Crippen molar-refractivity contribution in [2.24, 2.45) is 0 Å². The topological polar surface area (TPSA) is 75.4 Å². The minimum Gasteiger partial charge on any atom is -0.476 e. The van der Waals surface area contributed by atoms with Gasteiger partial charge in [0, 0.05) is 0 Å².